The normalized spacial score (nSPS) is 12.4. The Morgan fingerprint density at radius 3 is 2.50 bits per heavy atom. The van der Waals surface area contributed by atoms with Crippen molar-refractivity contribution in [1.82, 2.24) is 0 Å². The van der Waals surface area contributed by atoms with Gasteiger partial charge < -0.3 is 5.11 Å². The van der Waals surface area contributed by atoms with Crippen molar-refractivity contribution >= 4 is 23.2 Å². The van der Waals surface area contributed by atoms with Gasteiger partial charge >= 0.3 is 0 Å². The Morgan fingerprint density at radius 1 is 1.06 bits per heavy atom. The minimum absolute atomic E-state index is 0.0444. The fourth-order valence-corrected chi connectivity index (χ4v) is 2.22. The van der Waals surface area contributed by atoms with Gasteiger partial charge in [0.1, 0.15) is 5.82 Å². The minimum atomic E-state index is -0.881. The van der Waals surface area contributed by atoms with Crippen LogP contribution >= 0.6 is 23.2 Å². The molecule has 0 amide bonds. The number of aliphatic hydroxyl groups excluding tert-OH is 1. The monoisotopic (exact) mass is 284 g/mol. The van der Waals surface area contributed by atoms with E-state index in [2.05, 4.69) is 0 Å². The van der Waals surface area contributed by atoms with Gasteiger partial charge in [-0.3, -0.25) is 0 Å². The van der Waals surface area contributed by atoms with Crippen molar-refractivity contribution in [3.8, 4) is 0 Å². The minimum Gasteiger partial charge on any atom is -0.388 e. The Morgan fingerprint density at radius 2 is 1.78 bits per heavy atom. The molecule has 1 N–H and O–H groups in total. The highest BCUT2D eigenvalue weighted by Crippen LogP contribution is 2.29. The van der Waals surface area contributed by atoms with E-state index in [0.29, 0.717) is 17.0 Å². The molecule has 0 radical (unpaired) electrons. The highest BCUT2D eigenvalue weighted by Gasteiger charge is 2.15. The van der Waals surface area contributed by atoms with Crippen molar-refractivity contribution in [2.45, 2.75) is 12.5 Å². The first-order valence-corrected chi connectivity index (χ1v) is 6.20. The van der Waals surface area contributed by atoms with Crippen molar-refractivity contribution in [2.75, 3.05) is 0 Å². The average Bonchev–Trinajstić information content (AvgIpc) is 2.35. The van der Waals surface area contributed by atoms with Gasteiger partial charge in [0.05, 0.1) is 11.1 Å². The number of halogens is 3. The maximum absolute atomic E-state index is 13.3. The second-order valence-electron chi connectivity index (χ2n) is 3.95. The lowest BCUT2D eigenvalue weighted by atomic mass is 10.0. The molecule has 0 fully saturated rings. The fourth-order valence-electron chi connectivity index (χ4n) is 1.76. The fraction of sp³-hybridized carbons (Fsp3) is 0.143. The van der Waals surface area contributed by atoms with Gasteiger partial charge in [-0.25, -0.2) is 4.39 Å². The quantitative estimate of drug-likeness (QED) is 0.885. The van der Waals surface area contributed by atoms with Crippen LogP contribution in [0.5, 0.6) is 0 Å². The first-order valence-electron chi connectivity index (χ1n) is 5.45. The summed E-state index contributed by atoms with van der Waals surface area (Å²) in [6.45, 7) is 0. The Balaban J connectivity index is 2.25. The van der Waals surface area contributed by atoms with Crippen molar-refractivity contribution in [3.63, 3.8) is 0 Å². The lowest BCUT2D eigenvalue weighted by Gasteiger charge is -2.14. The van der Waals surface area contributed by atoms with Crippen LogP contribution in [0.15, 0.2) is 42.5 Å². The Hall–Kier alpha value is -1.09. The van der Waals surface area contributed by atoms with Gasteiger partial charge in [0, 0.05) is 17.0 Å². The van der Waals surface area contributed by atoms with E-state index in [-0.39, 0.29) is 5.02 Å². The summed E-state index contributed by atoms with van der Waals surface area (Å²) in [6.07, 6.45) is -0.587. The topological polar surface area (TPSA) is 20.2 Å². The van der Waals surface area contributed by atoms with E-state index in [4.69, 9.17) is 23.2 Å². The third-order valence-corrected chi connectivity index (χ3v) is 3.48. The number of hydrogen-bond donors (Lipinski definition) is 1. The summed E-state index contributed by atoms with van der Waals surface area (Å²) in [6, 6.07) is 11.6. The third kappa shape index (κ3) is 2.83. The average molecular weight is 285 g/mol. The molecule has 94 valence electrons. The van der Waals surface area contributed by atoms with E-state index in [1.54, 1.807) is 12.1 Å². The molecule has 2 aromatic carbocycles. The lowest BCUT2D eigenvalue weighted by molar-refractivity contribution is 0.178. The van der Waals surface area contributed by atoms with Crippen molar-refractivity contribution in [3.05, 3.63) is 69.5 Å². The van der Waals surface area contributed by atoms with Crippen molar-refractivity contribution in [1.29, 1.82) is 0 Å². The van der Waals surface area contributed by atoms with Crippen LogP contribution in [0.1, 0.15) is 17.2 Å². The van der Waals surface area contributed by atoms with Crippen LogP contribution in [0.2, 0.25) is 10.0 Å². The van der Waals surface area contributed by atoms with Gasteiger partial charge in [0.2, 0.25) is 0 Å². The van der Waals surface area contributed by atoms with Crippen LogP contribution in [-0.2, 0) is 6.42 Å². The Kier molecular flexibility index (Phi) is 4.23. The van der Waals surface area contributed by atoms with Crippen LogP contribution in [0.3, 0.4) is 0 Å². The van der Waals surface area contributed by atoms with Gasteiger partial charge in [-0.05, 0) is 17.7 Å². The summed E-state index contributed by atoms with van der Waals surface area (Å²) in [7, 11) is 0. The summed E-state index contributed by atoms with van der Waals surface area (Å²) in [4.78, 5) is 0. The van der Waals surface area contributed by atoms with Crippen molar-refractivity contribution in [2.24, 2.45) is 0 Å². The van der Waals surface area contributed by atoms with Crippen LogP contribution in [0.4, 0.5) is 4.39 Å². The molecule has 0 aliphatic carbocycles. The Bertz CT molecular complexity index is 557. The Labute approximate surface area is 115 Å². The van der Waals surface area contributed by atoms with Gasteiger partial charge in [0.25, 0.3) is 0 Å². The standard InChI is InChI=1S/C14H11Cl2FO/c15-11-6-2-1-4-9(11)8-13(18)10-5-3-7-12(17)14(10)16/h1-7,13,18H,8H2. The van der Waals surface area contributed by atoms with Crippen molar-refractivity contribution < 1.29 is 9.50 Å². The smallest absolute Gasteiger partial charge is 0.142 e. The van der Waals surface area contributed by atoms with Gasteiger partial charge in [0.15, 0.2) is 0 Å². The SMILES string of the molecule is OC(Cc1ccccc1Cl)c1cccc(F)c1Cl. The van der Waals surface area contributed by atoms with Crippen LogP contribution < -0.4 is 0 Å². The molecule has 0 saturated heterocycles. The lowest BCUT2D eigenvalue weighted by Crippen LogP contribution is -2.04. The zero-order valence-corrected chi connectivity index (χ0v) is 10.9. The molecular weight excluding hydrogens is 274 g/mol. The molecule has 18 heavy (non-hydrogen) atoms. The molecule has 4 heteroatoms. The molecule has 1 nitrogen and oxygen atoms in total. The van der Waals surface area contributed by atoms with E-state index >= 15 is 0 Å². The van der Waals surface area contributed by atoms with Gasteiger partial charge in [-0.1, -0.05) is 53.5 Å². The maximum Gasteiger partial charge on any atom is 0.142 e. The van der Waals surface area contributed by atoms with E-state index in [1.165, 1.54) is 12.1 Å². The summed E-state index contributed by atoms with van der Waals surface area (Å²) >= 11 is 11.8. The summed E-state index contributed by atoms with van der Waals surface area (Å²) in [5.41, 5.74) is 1.17. The third-order valence-electron chi connectivity index (χ3n) is 2.71. The molecule has 2 rings (SSSR count). The van der Waals surface area contributed by atoms with Gasteiger partial charge in [-0.2, -0.15) is 0 Å². The second-order valence-corrected chi connectivity index (χ2v) is 4.74. The second kappa shape index (κ2) is 5.70. The number of aliphatic hydroxyl groups is 1. The van der Waals surface area contributed by atoms with Crippen LogP contribution in [0.25, 0.3) is 0 Å². The summed E-state index contributed by atoms with van der Waals surface area (Å²) < 4.78 is 13.3. The highest BCUT2D eigenvalue weighted by atomic mass is 35.5. The maximum atomic E-state index is 13.3. The first kappa shape index (κ1) is 13.3. The van der Waals surface area contributed by atoms with E-state index in [9.17, 15) is 9.50 Å². The van der Waals surface area contributed by atoms with Gasteiger partial charge in [-0.15, -0.1) is 0 Å². The molecule has 0 spiro atoms. The largest absolute Gasteiger partial charge is 0.388 e. The molecule has 0 bridgehead atoms. The first-order chi connectivity index (χ1) is 8.59. The predicted octanol–water partition coefficient (Wildman–Crippen LogP) is 4.41. The van der Waals surface area contributed by atoms with E-state index in [0.717, 1.165) is 5.56 Å². The van der Waals surface area contributed by atoms with E-state index in [1.807, 2.05) is 18.2 Å². The molecule has 0 aliphatic heterocycles. The molecule has 0 heterocycles. The van der Waals surface area contributed by atoms with Crippen LogP contribution in [0, 0.1) is 5.82 Å². The molecule has 2 aromatic rings. The number of rotatable bonds is 3. The molecule has 0 aromatic heterocycles. The molecule has 0 saturated carbocycles. The molecule has 0 aliphatic rings. The van der Waals surface area contributed by atoms with Crippen LogP contribution in [-0.4, -0.2) is 5.11 Å². The number of hydrogen-bond acceptors (Lipinski definition) is 1. The number of benzene rings is 2. The molecule has 1 atom stereocenters. The summed E-state index contributed by atoms with van der Waals surface area (Å²) in [5, 5.41) is 10.6. The summed E-state index contributed by atoms with van der Waals surface area (Å²) in [5.74, 6) is -0.535. The zero-order valence-electron chi connectivity index (χ0n) is 9.41. The molecular formula is C14H11Cl2FO. The highest BCUT2D eigenvalue weighted by molar-refractivity contribution is 6.31. The molecule has 1 unspecified atom stereocenters. The predicted molar refractivity (Wildman–Crippen MR) is 71.5 cm³/mol. The zero-order chi connectivity index (χ0) is 13.1. The van der Waals surface area contributed by atoms with E-state index < -0.39 is 11.9 Å².